The molecule has 0 saturated heterocycles. The van der Waals surface area contributed by atoms with Gasteiger partial charge in [-0.3, -0.25) is 0 Å². The van der Waals surface area contributed by atoms with Crippen molar-refractivity contribution in [2.75, 3.05) is 6.61 Å². The number of hydrogen-bond acceptors (Lipinski definition) is 4. The summed E-state index contributed by atoms with van der Waals surface area (Å²) in [5.74, 6) is -0.360. The smallest absolute Gasteiger partial charge is 0.358 e. The zero-order valence-electron chi connectivity index (χ0n) is 14.6. The molecule has 0 N–H and O–H groups in total. The molecule has 2 rings (SSSR count). The molecule has 0 atom stereocenters. The molecule has 0 aliphatic rings. The van der Waals surface area contributed by atoms with Crippen molar-refractivity contribution in [3.8, 4) is 0 Å². The van der Waals surface area contributed by atoms with E-state index in [9.17, 15) is 13.6 Å². The highest BCUT2D eigenvalue weighted by molar-refractivity contribution is 7.11. The monoisotopic (exact) mass is 367 g/mol. The molecule has 1 aromatic carbocycles. The van der Waals surface area contributed by atoms with E-state index in [1.165, 1.54) is 17.4 Å². The van der Waals surface area contributed by atoms with Crippen LogP contribution < -0.4 is 0 Å². The van der Waals surface area contributed by atoms with Crippen molar-refractivity contribution >= 4 is 17.3 Å². The van der Waals surface area contributed by atoms with Crippen LogP contribution in [-0.2, 0) is 17.6 Å². The van der Waals surface area contributed by atoms with E-state index in [2.05, 4.69) is 4.98 Å². The first-order chi connectivity index (χ1) is 12.0. The zero-order chi connectivity index (χ0) is 18.2. The van der Waals surface area contributed by atoms with Gasteiger partial charge in [-0.25, -0.2) is 18.6 Å². The van der Waals surface area contributed by atoms with E-state index >= 15 is 0 Å². The number of unbranched alkanes of at least 4 members (excludes halogenated alkanes) is 2. The molecular formula is C19H23F2NO2S. The molecule has 0 bridgehead atoms. The number of aromatic nitrogens is 1. The molecule has 1 aromatic heterocycles. The minimum Gasteiger partial charge on any atom is -0.461 e. The van der Waals surface area contributed by atoms with Gasteiger partial charge < -0.3 is 4.74 Å². The van der Waals surface area contributed by atoms with Crippen molar-refractivity contribution in [2.45, 2.75) is 52.4 Å². The summed E-state index contributed by atoms with van der Waals surface area (Å²) in [5.41, 5.74) is 1.46. The molecule has 0 aliphatic heterocycles. The maximum absolute atomic E-state index is 12.7. The van der Waals surface area contributed by atoms with Crippen LogP contribution in [0, 0.1) is 6.92 Å². The lowest BCUT2D eigenvalue weighted by Crippen LogP contribution is -2.06. The van der Waals surface area contributed by atoms with Gasteiger partial charge in [-0.1, -0.05) is 30.7 Å². The minimum atomic E-state index is -2.42. The third-order valence-corrected chi connectivity index (χ3v) is 4.90. The average molecular weight is 367 g/mol. The molecule has 0 spiro atoms. The highest BCUT2D eigenvalue weighted by atomic mass is 32.1. The number of thiazole rings is 1. The topological polar surface area (TPSA) is 39.2 Å². The van der Waals surface area contributed by atoms with Crippen LogP contribution in [0.5, 0.6) is 0 Å². The standard InChI is InChI=1S/C19H23F2NO2S/c1-3-24-19(23)17-13(2)25-16(22-17)11-6-4-5-8-14-9-7-10-15(12-14)18(20)21/h7,9-10,12,18H,3-6,8,11H2,1-2H3. The van der Waals surface area contributed by atoms with Crippen LogP contribution in [0.4, 0.5) is 8.78 Å². The van der Waals surface area contributed by atoms with Crippen molar-refractivity contribution in [2.24, 2.45) is 0 Å². The molecule has 0 radical (unpaired) electrons. The maximum Gasteiger partial charge on any atom is 0.358 e. The molecule has 136 valence electrons. The number of carbonyl (C=O) groups excluding carboxylic acids is 1. The van der Waals surface area contributed by atoms with Gasteiger partial charge in [-0.05, 0) is 45.1 Å². The molecule has 25 heavy (non-hydrogen) atoms. The molecule has 6 heteroatoms. The van der Waals surface area contributed by atoms with Gasteiger partial charge >= 0.3 is 5.97 Å². The molecule has 2 aromatic rings. The highest BCUT2D eigenvalue weighted by Crippen LogP contribution is 2.22. The van der Waals surface area contributed by atoms with Crippen molar-refractivity contribution in [1.29, 1.82) is 0 Å². The fraction of sp³-hybridized carbons (Fsp3) is 0.474. The molecule has 0 amide bonds. The van der Waals surface area contributed by atoms with Crippen LogP contribution >= 0.6 is 11.3 Å². The van der Waals surface area contributed by atoms with E-state index in [-0.39, 0.29) is 11.5 Å². The average Bonchev–Trinajstić information content (AvgIpc) is 2.96. The first kappa shape index (κ1) is 19.5. The van der Waals surface area contributed by atoms with E-state index in [0.717, 1.165) is 47.6 Å². The Hall–Kier alpha value is -1.82. The van der Waals surface area contributed by atoms with Gasteiger partial charge in [0.2, 0.25) is 0 Å². The van der Waals surface area contributed by atoms with Crippen LogP contribution in [-0.4, -0.2) is 17.6 Å². The summed E-state index contributed by atoms with van der Waals surface area (Å²) in [5, 5.41) is 0.945. The Balaban J connectivity index is 1.75. The van der Waals surface area contributed by atoms with Gasteiger partial charge in [0.1, 0.15) is 0 Å². The van der Waals surface area contributed by atoms with Crippen LogP contribution in [0.3, 0.4) is 0 Å². The quantitative estimate of drug-likeness (QED) is 0.433. The molecule has 0 fully saturated rings. The molecule has 0 saturated carbocycles. The summed E-state index contributed by atoms with van der Waals surface area (Å²) in [7, 11) is 0. The first-order valence-electron chi connectivity index (χ1n) is 8.51. The number of aryl methyl sites for hydroxylation is 3. The highest BCUT2D eigenvalue weighted by Gasteiger charge is 2.16. The number of esters is 1. The Kier molecular flexibility index (Phi) is 7.50. The normalized spacial score (nSPS) is 11.1. The Morgan fingerprint density at radius 3 is 2.72 bits per heavy atom. The number of carbonyl (C=O) groups is 1. The van der Waals surface area contributed by atoms with Gasteiger partial charge in [-0.15, -0.1) is 11.3 Å². The van der Waals surface area contributed by atoms with E-state index < -0.39 is 6.43 Å². The second-order valence-electron chi connectivity index (χ2n) is 5.84. The lowest BCUT2D eigenvalue weighted by atomic mass is 10.0. The van der Waals surface area contributed by atoms with Crippen molar-refractivity contribution in [3.05, 3.63) is 51.0 Å². The van der Waals surface area contributed by atoms with Crippen molar-refractivity contribution in [1.82, 2.24) is 4.98 Å². The minimum absolute atomic E-state index is 0.0854. The van der Waals surface area contributed by atoms with Crippen LogP contribution in [0.1, 0.15) is 64.1 Å². The lowest BCUT2D eigenvalue weighted by Gasteiger charge is -2.04. The molecule has 1 heterocycles. The number of halogens is 2. The van der Waals surface area contributed by atoms with Crippen molar-refractivity contribution in [3.63, 3.8) is 0 Å². The number of alkyl halides is 2. The molecule has 0 unspecified atom stereocenters. The van der Waals surface area contributed by atoms with Crippen LogP contribution in [0.15, 0.2) is 24.3 Å². The largest absolute Gasteiger partial charge is 0.461 e. The number of hydrogen-bond donors (Lipinski definition) is 0. The predicted molar refractivity (Wildman–Crippen MR) is 95.5 cm³/mol. The number of benzene rings is 1. The van der Waals surface area contributed by atoms with Gasteiger partial charge in [0.25, 0.3) is 6.43 Å². The van der Waals surface area contributed by atoms with Crippen molar-refractivity contribution < 1.29 is 18.3 Å². The Morgan fingerprint density at radius 1 is 1.24 bits per heavy atom. The Labute approximate surface area is 151 Å². The fourth-order valence-corrected chi connectivity index (χ4v) is 3.58. The summed E-state index contributed by atoms with van der Waals surface area (Å²) in [6.45, 7) is 4.00. The van der Waals surface area contributed by atoms with Gasteiger partial charge in [0.15, 0.2) is 5.69 Å². The maximum atomic E-state index is 12.7. The second-order valence-corrected chi connectivity index (χ2v) is 7.13. The fourth-order valence-electron chi connectivity index (χ4n) is 2.61. The van der Waals surface area contributed by atoms with E-state index in [1.54, 1.807) is 19.1 Å². The number of rotatable bonds is 9. The van der Waals surface area contributed by atoms with Crippen LogP contribution in [0.2, 0.25) is 0 Å². The first-order valence-corrected chi connectivity index (χ1v) is 9.33. The Bertz CT molecular complexity index is 700. The summed E-state index contributed by atoms with van der Waals surface area (Å²) in [6, 6.07) is 6.62. The van der Waals surface area contributed by atoms with E-state index in [0.29, 0.717) is 12.3 Å². The third-order valence-electron chi connectivity index (χ3n) is 3.87. The molecule has 0 aliphatic carbocycles. The lowest BCUT2D eigenvalue weighted by molar-refractivity contribution is 0.0519. The summed E-state index contributed by atoms with van der Waals surface area (Å²) < 4.78 is 30.3. The third kappa shape index (κ3) is 5.88. The van der Waals surface area contributed by atoms with Crippen LogP contribution in [0.25, 0.3) is 0 Å². The predicted octanol–water partition coefficient (Wildman–Crippen LogP) is 5.52. The Morgan fingerprint density at radius 2 is 2.00 bits per heavy atom. The number of ether oxygens (including phenoxy) is 1. The zero-order valence-corrected chi connectivity index (χ0v) is 15.4. The summed E-state index contributed by atoms with van der Waals surface area (Å²) >= 11 is 1.53. The van der Waals surface area contributed by atoms with E-state index in [4.69, 9.17) is 4.74 Å². The van der Waals surface area contributed by atoms with E-state index in [1.807, 2.05) is 13.0 Å². The number of nitrogens with zero attached hydrogens (tertiary/aromatic N) is 1. The van der Waals surface area contributed by atoms with Gasteiger partial charge in [0, 0.05) is 10.4 Å². The second kappa shape index (κ2) is 9.61. The van der Waals surface area contributed by atoms with Gasteiger partial charge in [-0.2, -0.15) is 0 Å². The molecule has 3 nitrogen and oxygen atoms in total. The molecular weight excluding hydrogens is 344 g/mol. The SMILES string of the molecule is CCOC(=O)c1nc(CCCCCc2cccc(C(F)F)c2)sc1C. The van der Waals surface area contributed by atoms with Gasteiger partial charge in [0.05, 0.1) is 11.6 Å². The summed E-state index contributed by atoms with van der Waals surface area (Å²) in [6.07, 6.45) is 2.10. The summed E-state index contributed by atoms with van der Waals surface area (Å²) in [4.78, 5) is 17.0.